The average molecular weight is 410 g/mol. The number of carbonyl (C=O) groups excluding carboxylic acids is 1. The molecule has 0 spiro atoms. The molecule has 0 bridgehead atoms. The lowest BCUT2D eigenvalue weighted by molar-refractivity contribution is -0.0440. The topological polar surface area (TPSA) is 75.7 Å². The van der Waals surface area contributed by atoms with Gasteiger partial charge in [0.25, 0.3) is 5.91 Å². The van der Waals surface area contributed by atoms with Crippen molar-refractivity contribution in [3.8, 4) is 0 Å². The summed E-state index contributed by atoms with van der Waals surface area (Å²) in [5.41, 5.74) is 0.282. The Hall–Kier alpha value is -2.36. The van der Waals surface area contributed by atoms with Crippen LogP contribution in [0, 0.1) is 11.6 Å². The molecule has 0 saturated carbocycles. The number of hydrogen-bond acceptors (Lipinski definition) is 4. The summed E-state index contributed by atoms with van der Waals surface area (Å²) in [5.74, 6) is -2.66. The molecule has 1 fully saturated rings. The van der Waals surface area contributed by atoms with Gasteiger partial charge >= 0.3 is 0 Å². The van der Waals surface area contributed by atoms with Crippen LogP contribution in [0.15, 0.2) is 47.4 Å². The normalized spacial score (nSPS) is 20.7. The Balaban J connectivity index is 1.75. The number of nitrogens with zero attached hydrogens (tertiary/aromatic N) is 1. The molecule has 0 unspecified atom stereocenters. The smallest absolute Gasteiger partial charge is 0.255 e. The third kappa shape index (κ3) is 4.37. The fourth-order valence-corrected chi connectivity index (χ4v) is 4.62. The molecule has 1 saturated heterocycles. The van der Waals surface area contributed by atoms with E-state index in [9.17, 15) is 22.0 Å². The van der Waals surface area contributed by atoms with Crippen LogP contribution in [0.2, 0.25) is 0 Å². The van der Waals surface area contributed by atoms with Gasteiger partial charge in [-0.25, -0.2) is 17.2 Å². The molecule has 2 aromatic rings. The van der Waals surface area contributed by atoms with E-state index in [1.54, 1.807) is 0 Å². The zero-order valence-electron chi connectivity index (χ0n) is 15.4. The molecule has 1 aliphatic heterocycles. The van der Waals surface area contributed by atoms with Crippen LogP contribution in [-0.4, -0.2) is 43.9 Å². The first kappa shape index (κ1) is 20.4. The first-order valence-electron chi connectivity index (χ1n) is 8.69. The molecule has 28 heavy (non-hydrogen) atoms. The van der Waals surface area contributed by atoms with Crippen molar-refractivity contribution in [3.05, 3.63) is 59.7 Å². The van der Waals surface area contributed by atoms with Gasteiger partial charge in [-0.15, -0.1) is 0 Å². The summed E-state index contributed by atoms with van der Waals surface area (Å²) in [7, 11) is -3.71. The van der Waals surface area contributed by atoms with Crippen molar-refractivity contribution in [1.82, 2.24) is 4.31 Å². The Morgan fingerprint density at radius 1 is 1.04 bits per heavy atom. The predicted octanol–water partition coefficient (Wildman–Crippen LogP) is 3.02. The highest BCUT2D eigenvalue weighted by Gasteiger charge is 2.32. The Bertz CT molecular complexity index is 970. The summed E-state index contributed by atoms with van der Waals surface area (Å²) in [4.78, 5) is 12.3. The van der Waals surface area contributed by atoms with Gasteiger partial charge in [-0.1, -0.05) is 0 Å². The Morgan fingerprint density at radius 2 is 1.64 bits per heavy atom. The lowest BCUT2D eigenvalue weighted by atomic mass is 10.2. The van der Waals surface area contributed by atoms with E-state index >= 15 is 0 Å². The number of hydrogen-bond donors (Lipinski definition) is 1. The summed E-state index contributed by atoms with van der Waals surface area (Å²) < 4.78 is 58.8. The van der Waals surface area contributed by atoms with Crippen molar-refractivity contribution in [2.45, 2.75) is 31.0 Å². The number of ether oxygens (including phenoxy) is 1. The van der Waals surface area contributed by atoms with E-state index < -0.39 is 27.6 Å². The molecule has 9 heteroatoms. The van der Waals surface area contributed by atoms with Gasteiger partial charge in [0.15, 0.2) is 11.6 Å². The quantitative estimate of drug-likeness (QED) is 0.841. The highest BCUT2D eigenvalue weighted by Crippen LogP contribution is 2.22. The molecule has 2 atom stereocenters. The Labute approximate surface area is 162 Å². The van der Waals surface area contributed by atoms with Crippen LogP contribution in [-0.2, 0) is 14.8 Å². The van der Waals surface area contributed by atoms with Crippen molar-refractivity contribution in [2.24, 2.45) is 0 Å². The average Bonchev–Trinajstić information content (AvgIpc) is 2.64. The Morgan fingerprint density at radius 3 is 2.21 bits per heavy atom. The lowest BCUT2D eigenvalue weighted by Crippen LogP contribution is -2.48. The van der Waals surface area contributed by atoms with Gasteiger partial charge in [-0.2, -0.15) is 4.31 Å². The van der Waals surface area contributed by atoms with Gasteiger partial charge < -0.3 is 10.1 Å². The molecule has 1 amide bonds. The maximum absolute atomic E-state index is 13.2. The molecule has 0 aliphatic carbocycles. The number of sulfonamides is 1. The molecule has 1 aliphatic rings. The van der Waals surface area contributed by atoms with Crippen LogP contribution in [0.25, 0.3) is 0 Å². The highest BCUT2D eigenvalue weighted by molar-refractivity contribution is 7.89. The third-order valence-electron chi connectivity index (χ3n) is 4.32. The molecular weight excluding hydrogens is 390 g/mol. The predicted molar refractivity (Wildman–Crippen MR) is 99.5 cm³/mol. The van der Waals surface area contributed by atoms with Gasteiger partial charge in [-0.05, 0) is 50.2 Å². The van der Waals surface area contributed by atoms with Crippen LogP contribution in [0.5, 0.6) is 0 Å². The van der Waals surface area contributed by atoms with E-state index in [0.717, 1.165) is 12.1 Å². The monoisotopic (exact) mass is 410 g/mol. The van der Waals surface area contributed by atoms with Crippen molar-refractivity contribution in [1.29, 1.82) is 0 Å². The molecule has 2 aromatic carbocycles. The summed E-state index contributed by atoms with van der Waals surface area (Å²) in [6.07, 6.45) is -0.417. The van der Waals surface area contributed by atoms with Gasteiger partial charge in [0, 0.05) is 30.4 Å². The number of halogens is 2. The van der Waals surface area contributed by atoms with Gasteiger partial charge in [-0.3, -0.25) is 4.79 Å². The van der Waals surface area contributed by atoms with Gasteiger partial charge in [0.2, 0.25) is 10.0 Å². The molecule has 6 nitrogen and oxygen atoms in total. The number of carbonyl (C=O) groups is 1. The summed E-state index contributed by atoms with van der Waals surface area (Å²) in [6.45, 7) is 4.13. The summed E-state index contributed by atoms with van der Waals surface area (Å²) in [6, 6.07) is 8.44. The molecule has 1 heterocycles. The van der Waals surface area contributed by atoms with E-state index in [2.05, 4.69) is 5.32 Å². The van der Waals surface area contributed by atoms with Crippen LogP contribution in [0.1, 0.15) is 24.2 Å². The maximum atomic E-state index is 13.2. The van der Waals surface area contributed by atoms with Crippen LogP contribution < -0.4 is 5.32 Å². The van der Waals surface area contributed by atoms with Crippen molar-refractivity contribution >= 4 is 21.6 Å². The first-order valence-corrected chi connectivity index (χ1v) is 10.1. The van der Waals surface area contributed by atoms with Crippen LogP contribution >= 0.6 is 0 Å². The molecule has 0 radical (unpaired) electrons. The number of anilines is 1. The first-order chi connectivity index (χ1) is 13.2. The number of morpholine rings is 1. The van der Waals surface area contributed by atoms with Crippen LogP contribution in [0.4, 0.5) is 14.5 Å². The molecule has 150 valence electrons. The fraction of sp³-hybridized carbons (Fsp3) is 0.316. The molecule has 3 rings (SSSR count). The number of nitrogens with one attached hydrogen (secondary N) is 1. The van der Waals surface area contributed by atoms with E-state index in [0.29, 0.717) is 0 Å². The van der Waals surface area contributed by atoms with E-state index in [4.69, 9.17) is 4.74 Å². The minimum atomic E-state index is -3.71. The van der Waals surface area contributed by atoms with Crippen molar-refractivity contribution in [3.63, 3.8) is 0 Å². The summed E-state index contributed by atoms with van der Waals surface area (Å²) >= 11 is 0. The van der Waals surface area contributed by atoms with E-state index in [-0.39, 0.29) is 41.4 Å². The van der Waals surface area contributed by atoms with Gasteiger partial charge in [0.1, 0.15) is 0 Å². The summed E-state index contributed by atoms with van der Waals surface area (Å²) in [5, 5.41) is 2.44. The number of amides is 1. The molecule has 1 N–H and O–H groups in total. The fourth-order valence-electron chi connectivity index (χ4n) is 3.03. The number of rotatable bonds is 4. The van der Waals surface area contributed by atoms with E-state index in [1.165, 1.54) is 34.6 Å². The SMILES string of the molecule is C[C@H]1CN(S(=O)(=O)c2ccc(C(=O)Nc3ccc(F)c(F)c3)cc2)C[C@H](C)O1. The second kappa shape index (κ2) is 7.94. The van der Waals surface area contributed by atoms with Gasteiger partial charge in [0.05, 0.1) is 17.1 Å². The molecular formula is C19H20F2N2O4S. The van der Waals surface area contributed by atoms with Crippen molar-refractivity contribution in [2.75, 3.05) is 18.4 Å². The van der Waals surface area contributed by atoms with Crippen LogP contribution in [0.3, 0.4) is 0 Å². The second-order valence-electron chi connectivity index (χ2n) is 6.69. The standard InChI is InChI=1S/C19H20F2N2O4S/c1-12-10-23(11-13(2)27-12)28(25,26)16-6-3-14(4-7-16)19(24)22-15-5-8-17(20)18(21)9-15/h3-9,12-13H,10-11H2,1-2H3,(H,22,24)/t12-,13-/m0/s1. The minimum Gasteiger partial charge on any atom is -0.373 e. The zero-order chi connectivity index (χ0) is 20.5. The third-order valence-corrected chi connectivity index (χ3v) is 6.16. The Kier molecular flexibility index (Phi) is 5.78. The maximum Gasteiger partial charge on any atom is 0.255 e. The lowest BCUT2D eigenvalue weighted by Gasteiger charge is -2.34. The van der Waals surface area contributed by atoms with E-state index in [1.807, 2.05) is 13.8 Å². The van der Waals surface area contributed by atoms with Crippen molar-refractivity contribution < 1.29 is 26.7 Å². The highest BCUT2D eigenvalue weighted by atomic mass is 32.2. The number of benzene rings is 2. The molecule has 0 aromatic heterocycles. The minimum absolute atomic E-state index is 0.0678. The largest absolute Gasteiger partial charge is 0.373 e. The second-order valence-corrected chi connectivity index (χ2v) is 8.62. The zero-order valence-corrected chi connectivity index (χ0v) is 16.2.